The Labute approximate surface area is 191 Å². The van der Waals surface area contributed by atoms with Crippen LogP contribution in [0, 0.1) is 5.92 Å². The van der Waals surface area contributed by atoms with Crippen molar-refractivity contribution in [1.82, 2.24) is 16.0 Å². The number of aromatic hydroxyl groups is 1. The van der Waals surface area contributed by atoms with Crippen LogP contribution in [0.2, 0.25) is 0 Å². The van der Waals surface area contributed by atoms with Crippen LogP contribution in [0.25, 0.3) is 0 Å². The van der Waals surface area contributed by atoms with Gasteiger partial charge in [-0.25, -0.2) is 4.79 Å². The summed E-state index contributed by atoms with van der Waals surface area (Å²) in [5.41, 5.74) is 6.46. The summed E-state index contributed by atoms with van der Waals surface area (Å²) < 4.78 is 0. The summed E-state index contributed by atoms with van der Waals surface area (Å²) in [5.74, 6) is -3.97. The van der Waals surface area contributed by atoms with Gasteiger partial charge >= 0.3 is 5.97 Å². The van der Waals surface area contributed by atoms with Crippen molar-refractivity contribution in [3.8, 4) is 5.75 Å². The molecule has 0 aliphatic rings. The summed E-state index contributed by atoms with van der Waals surface area (Å²) in [4.78, 5) is 48.7. The van der Waals surface area contributed by atoms with Crippen LogP contribution in [0.1, 0.15) is 19.4 Å². The molecular formula is C20H30N4O7S. The lowest BCUT2D eigenvalue weighted by Gasteiger charge is -2.25. The van der Waals surface area contributed by atoms with Gasteiger partial charge in [-0.2, -0.15) is 12.6 Å². The molecule has 3 amide bonds. The first kappa shape index (κ1) is 27.2. The number of aliphatic hydroxyl groups is 1. The molecule has 4 atom stereocenters. The topological polar surface area (TPSA) is 191 Å². The number of nitrogens with two attached hydrogens (primary N) is 1. The van der Waals surface area contributed by atoms with Gasteiger partial charge in [-0.3, -0.25) is 14.4 Å². The summed E-state index contributed by atoms with van der Waals surface area (Å²) in [7, 11) is 0. The molecular weight excluding hydrogens is 440 g/mol. The van der Waals surface area contributed by atoms with E-state index in [0.29, 0.717) is 5.56 Å². The van der Waals surface area contributed by atoms with Gasteiger partial charge in [0, 0.05) is 12.2 Å². The fourth-order valence-electron chi connectivity index (χ4n) is 2.57. The maximum Gasteiger partial charge on any atom is 0.327 e. The van der Waals surface area contributed by atoms with Gasteiger partial charge in [0.15, 0.2) is 0 Å². The molecule has 4 unspecified atom stereocenters. The average Bonchev–Trinajstić information content (AvgIpc) is 2.75. The quantitative estimate of drug-likeness (QED) is 0.167. The standard InChI is InChI=1S/C20H30N4O7S/c1-10(2)16(21)19(29)22-13(7-11-3-5-12(26)6-4-11)17(27)23-14(8-25)18(28)24-15(9-32)20(30)31/h3-6,10,13-16,25-26,32H,7-9,21H2,1-2H3,(H,22,29)(H,23,27)(H,24,28)(H,30,31). The third kappa shape index (κ3) is 8.36. The summed E-state index contributed by atoms with van der Waals surface area (Å²) >= 11 is 3.84. The fourth-order valence-corrected chi connectivity index (χ4v) is 2.82. The zero-order valence-corrected chi connectivity index (χ0v) is 18.7. The van der Waals surface area contributed by atoms with Gasteiger partial charge in [0.25, 0.3) is 0 Å². The van der Waals surface area contributed by atoms with Crippen molar-refractivity contribution in [1.29, 1.82) is 0 Å². The molecule has 0 radical (unpaired) electrons. The number of carbonyl (C=O) groups excluding carboxylic acids is 3. The van der Waals surface area contributed by atoms with Crippen molar-refractivity contribution >= 4 is 36.3 Å². The number of nitrogens with one attached hydrogen (secondary N) is 3. The van der Waals surface area contributed by atoms with E-state index < -0.39 is 54.5 Å². The number of phenolic OH excluding ortho intramolecular Hbond substituents is 1. The minimum absolute atomic E-state index is 0.0107. The highest BCUT2D eigenvalue weighted by atomic mass is 32.1. The van der Waals surface area contributed by atoms with Crippen molar-refractivity contribution in [3.05, 3.63) is 29.8 Å². The largest absolute Gasteiger partial charge is 0.508 e. The number of aliphatic carboxylic acids is 1. The number of carboxylic acid groups (broad SMARTS) is 1. The Kier molecular flexibility index (Phi) is 11.0. The van der Waals surface area contributed by atoms with Crippen LogP contribution in [0.3, 0.4) is 0 Å². The number of phenols is 1. The van der Waals surface area contributed by atoms with E-state index in [-0.39, 0.29) is 23.8 Å². The Bertz CT molecular complexity index is 804. The predicted octanol–water partition coefficient (Wildman–Crippen LogP) is -1.62. The Balaban J connectivity index is 3.00. The van der Waals surface area contributed by atoms with Crippen LogP contribution >= 0.6 is 12.6 Å². The highest BCUT2D eigenvalue weighted by Crippen LogP contribution is 2.12. The summed E-state index contributed by atoms with van der Waals surface area (Å²) in [5, 5.41) is 35.0. The number of rotatable bonds is 12. The molecule has 0 saturated heterocycles. The van der Waals surface area contributed by atoms with Gasteiger partial charge in [0.05, 0.1) is 12.6 Å². The zero-order chi connectivity index (χ0) is 24.4. The number of hydrogen-bond donors (Lipinski definition) is 8. The van der Waals surface area contributed by atoms with Gasteiger partial charge in [0.2, 0.25) is 17.7 Å². The van der Waals surface area contributed by atoms with Gasteiger partial charge in [-0.1, -0.05) is 26.0 Å². The second-order valence-corrected chi connectivity index (χ2v) is 7.89. The number of hydrogen-bond acceptors (Lipinski definition) is 8. The minimum Gasteiger partial charge on any atom is -0.508 e. The van der Waals surface area contributed by atoms with E-state index >= 15 is 0 Å². The van der Waals surface area contributed by atoms with E-state index in [9.17, 15) is 29.4 Å². The lowest BCUT2D eigenvalue weighted by Crippen LogP contribution is -2.59. The molecule has 8 N–H and O–H groups in total. The van der Waals surface area contributed by atoms with Crippen molar-refractivity contribution in [2.75, 3.05) is 12.4 Å². The Morgan fingerprint density at radius 1 is 0.938 bits per heavy atom. The molecule has 0 bridgehead atoms. The Morgan fingerprint density at radius 2 is 1.44 bits per heavy atom. The van der Waals surface area contributed by atoms with E-state index in [1.807, 2.05) is 0 Å². The third-order valence-corrected chi connectivity index (χ3v) is 5.01. The molecule has 0 aromatic heterocycles. The van der Waals surface area contributed by atoms with Gasteiger partial charge in [0.1, 0.15) is 23.9 Å². The summed E-state index contributed by atoms with van der Waals surface area (Å²) in [6.45, 7) is 2.68. The van der Waals surface area contributed by atoms with Crippen LogP contribution in [-0.4, -0.2) is 75.5 Å². The summed E-state index contributed by atoms with van der Waals surface area (Å²) in [6, 6.07) is 1.15. The lowest BCUT2D eigenvalue weighted by molar-refractivity contribution is -0.142. The van der Waals surface area contributed by atoms with Crippen molar-refractivity contribution in [3.63, 3.8) is 0 Å². The Morgan fingerprint density at radius 3 is 1.91 bits per heavy atom. The molecule has 32 heavy (non-hydrogen) atoms. The highest BCUT2D eigenvalue weighted by Gasteiger charge is 2.30. The van der Waals surface area contributed by atoms with Gasteiger partial charge < -0.3 is 37.0 Å². The zero-order valence-electron chi connectivity index (χ0n) is 17.8. The number of amides is 3. The number of thiol groups is 1. The van der Waals surface area contributed by atoms with Crippen LogP contribution in [-0.2, 0) is 25.6 Å². The first-order valence-corrected chi connectivity index (χ1v) is 10.5. The molecule has 0 heterocycles. The molecule has 178 valence electrons. The monoisotopic (exact) mass is 470 g/mol. The molecule has 1 rings (SSSR count). The minimum atomic E-state index is -1.46. The van der Waals surface area contributed by atoms with Gasteiger partial charge in [-0.05, 0) is 23.6 Å². The van der Waals surface area contributed by atoms with Crippen molar-refractivity contribution < 1.29 is 34.5 Å². The van der Waals surface area contributed by atoms with Crippen LogP contribution in [0.4, 0.5) is 0 Å². The predicted molar refractivity (Wildman–Crippen MR) is 119 cm³/mol. The normalized spacial score (nSPS) is 14.7. The van der Waals surface area contributed by atoms with E-state index in [1.165, 1.54) is 12.1 Å². The highest BCUT2D eigenvalue weighted by molar-refractivity contribution is 7.80. The summed E-state index contributed by atoms with van der Waals surface area (Å²) in [6.07, 6.45) is 0.0107. The molecule has 0 aliphatic carbocycles. The molecule has 1 aromatic carbocycles. The Hall–Kier alpha value is -2.83. The molecule has 0 spiro atoms. The third-order valence-electron chi connectivity index (χ3n) is 4.64. The van der Waals surface area contributed by atoms with Crippen molar-refractivity contribution in [2.45, 2.75) is 44.4 Å². The lowest BCUT2D eigenvalue weighted by atomic mass is 10.0. The molecule has 0 fully saturated rings. The molecule has 11 nitrogen and oxygen atoms in total. The number of aliphatic hydroxyl groups excluding tert-OH is 1. The average molecular weight is 471 g/mol. The second kappa shape index (κ2) is 12.9. The van der Waals surface area contributed by atoms with Crippen LogP contribution in [0.5, 0.6) is 5.75 Å². The number of benzene rings is 1. The van der Waals surface area contributed by atoms with Crippen LogP contribution in [0.15, 0.2) is 24.3 Å². The molecule has 0 aliphatic heterocycles. The first-order valence-electron chi connectivity index (χ1n) is 9.89. The van der Waals surface area contributed by atoms with Crippen LogP contribution < -0.4 is 21.7 Å². The SMILES string of the molecule is CC(C)C(N)C(=O)NC(Cc1ccc(O)cc1)C(=O)NC(CO)C(=O)NC(CS)C(=O)O. The van der Waals surface area contributed by atoms with E-state index in [0.717, 1.165) is 0 Å². The fraction of sp³-hybridized carbons (Fsp3) is 0.500. The number of carboxylic acids is 1. The molecule has 12 heteroatoms. The number of carbonyl (C=O) groups is 4. The van der Waals surface area contributed by atoms with E-state index in [1.54, 1.807) is 26.0 Å². The van der Waals surface area contributed by atoms with E-state index in [4.69, 9.17) is 10.8 Å². The maximum absolute atomic E-state index is 12.9. The van der Waals surface area contributed by atoms with Crippen molar-refractivity contribution in [2.24, 2.45) is 11.7 Å². The van der Waals surface area contributed by atoms with Gasteiger partial charge in [-0.15, -0.1) is 0 Å². The van der Waals surface area contributed by atoms with E-state index in [2.05, 4.69) is 28.6 Å². The first-order chi connectivity index (χ1) is 15.0. The smallest absolute Gasteiger partial charge is 0.327 e. The molecule has 0 saturated carbocycles. The molecule has 1 aromatic rings. The maximum atomic E-state index is 12.9. The second-order valence-electron chi connectivity index (χ2n) is 7.53.